The van der Waals surface area contributed by atoms with E-state index in [0.29, 0.717) is 17.0 Å². The van der Waals surface area contributed by atoms with Crippen LogP contribution in [0.15, 0.2) is 48.5 Å². The predicted octanol–water partition coefficient (Wildman–Crippen LogP) is 2.95. The van der Waals surface area contributed by atoms with Crippen molar-refractivity contribution in [2.45, 2.75) is 6.92 Å². The van der Waals surface area contributed by atoms with E-state index in [-0.39, 0.29) is 6.61 Å². The molecule has 0 heterocycles. The molecule has 2 N–H and O–H groups in total. The zero-order valence-electron chi connectivity index (χ0n) is 11.6. The molecule has 0 saturated carbocycles. The van der Waals surface area contributed by atoms with Gasteiger partial charge in [0.1, 0.15) is 12.4 Å². The number of carbonyl (C=O) groups is 1. The lowest BCUT2D eigenvalue weighted by molar-refractivity contribution is 0.215. The molecule has 0 spiro atoms. The molecule has 0 saturated heterocycles. The third kappa shape index (κ3) is 4.37. The highest BCUT2D eigenvalue weighted by molar-refractivity contribution is 5.87. The van der Waals surface area contributed by atoms with Crippen LogP contribution in [-0.4, -0.2) is 17.8 Å². The van der Waals surface area contributed by atoms with E-state index in [9.17, 15) is 4.79 Å². The maximum absolute atomic E-state index is 11.9. The van der Waals surface area contributed by atoms with Crippen molar-refractivity contribution in [1.29, 1.82) is 0 Å². The minimum atomic E-state index is -0.559. The van der Waals surface area contributed by atoms with Gasteiger partial charge in [0.05, 0.1) is 0 Å². The number of ether oxygens (including phenoxy) is 1. The van der Waals surface area contributed by atoms with Gasteiger partial charge in [-0.3, -0.25) is 5.32 Å². The normalized spacial score (nSPS) is 9.43. The summed E-state index contributed by atoms with van der Waals surface area (Å²) in [5, 5.41) is 11.4. The largest absolute Gasteiger partial charge is 0.417 e. The molecule has 4 nitrogen and oxygen atoms in total. The first kappa shape index (κ1) is 14.6. The molecule has 1 amide bonds. The molecule has 2 aromatic carbocycles. The Morgan fingerprint density at radius 1 is 1.24 bits per heavy atom. The van der Waals surface area contributed by atoms with Crippen LogP contribution < -0.4 is 10.1 Å². The highest BCUT2D eigenvalue weighted by Gasteiger charge is 2.07. The Hall–Kier alpha value is -2.77. The fraction of sp³-hybridized carbons (Fsp3) is 0.118. The monoisotopic (exact) mass is 281 g/mol. The minimum Gasteiger partial charge on any atom is -0.410 e. The number of anilines is 1. The number of amides is 1. The molecule has 0 unspecified atom stereocenters. The van der Waals surface area contributed by atoms with Crippen molar-refractivity contribution in [2.75, 3.05) is 11.9 Å². The summed E-state index contributed by atoms with van der Waals surface area (Å²) in [5.74, 6) is 5.83. The molecule has 2 aromatic rings. The molecule has 0 bridgehead atoms. The van der Waals surface area contributed by atoms with Crippen molar-refractivity contribution in [1.82, 2.24) is 0 Å². The van der Waals surface area contributed by atoms with E-state index in [1.54, 1.807) is 30.3 Å². The van der Waals surface area contributed by atoms with Gasteiger partial charge < -0.3 is 9.84 Å². The lowest BCUT2D eigenvalue weighted by atomic mass is 10.1. The molecule has 0 atom stereocenters. The first-order chi connectivity index (χ1) is 10.2. The highest BCUT2D eigenvalue weighted by Crippen LogP contribution is 2.17. The number of carbonyl (C=O) groups excluding carboxylic acids is 1. The van der Waals surface area contributed by atoms with E-state index >= 15 is 0 Å². The Morgan fingerprint density at radius 2 is 2.00 bits per heavy atom. The minimum absolute atomic E-state index is 0.202. The Bertz CT molecular complexity index is 684. The van der Waals surface area contributed by atoms with Gasteiger partial charge in [0, 0.05) is 11.3 Å². The molecular formula is C17H15NO3. The number of aliphatic hydroxyl groups excluding tert-OH is 1. The number of para-hydroxylation sites is 1. The summed E-state index contributed by atoms with van der Waals surface area (Å²) >= 11 is 0. The van der Waals surface area contributed by atoms with Crippen LogP contribution in [-0.2, 0) is 0 Å². The van der Waals surface area contributed by atoms with Gasteiger partial charge in [0.2, 0.25) is 0 Å². The molecule has 106 valence electrons. The van der Waals surface area contributed by atoms with E-state index < -0.39 is 6.09 Å². The number of aryl methyl sites for hydroxylation is 1. The van der Waals surface area contributed by atoms with Crippen molar-refractivity contribution in [3.05, 3.63) is 59.7 Å². The van der Waals surface area contributed by atoms with Crippen molar-refractivity contribution in [3.63, 3.8) is 0 Å². The average Bonchev–Trinajstić information content (AvgIpc) is 2.49. The zero-order valence-corrected chi connectivity index (χ0v) is 11.6. The van der Waals surface area contributed by atoms with Crippen LogP contribution in [0.4, 0.5) is 10.5 Å². The van der Waals surface area contributed by atoms with Gasteiger partial charge in [-0.05, 0) is 36.8 Å². The number of benzene rings is 2. The topological polar surface area (TPSA) is 58.6 Å². The lowest BCUT2D eigenvalue weighted by Crippen LogP contribution is -2.17. The fourth-order valence-electron chi connectivity index (χ4n) is 1.71. The Balaban J connectivity index is 2.09. The summed E-state index contributed by atoms with van der Waals surface area (Å²) in [5.41, 5.74) is 2.24. The number of aliphatic hydroxyl groups is 1. The van der Waals surface area contributed by atoms with Gasteiger partial charge in [-0.15, -0.1) is 0 Å². The molecule has 0 fully saturated rings. The summed E-state index contributed by atoms with van der Waals surface area (Å²) < 4.78 is 5.17. The van der Waals surface area contributed by atoms with Crippen LogP contribution in [0, 0.1) is 18.8 Å². The number of nitrogens with one attached hydrogen (secondary N) is 1. The predicted molar refractivity (Wildman–Crippen MR) is 81.2 cm³/mol. The highest BCUT2D eigenvalue weighted by atomic mass is 16.6. The van der Waals surface area contributed by atoms with Crippen LogP contribution in [0.1, 0.15) is 11.1 Å². The number of hydrogen-bond donors (Lipinski definition) is 2. The third-order valence-electron chi connectivity index (χ3n) is 2.74. The second-order valence-electron chi connectivity index (χ2n) is 4.32. The van der Waals surface area contributed by atoms with Gasteiger partial charge >= 0.3 is 6.09 Å². The first-order valence-electron chi connectivity index (χ1n) is 6.43. The maximum Gasteiger partial charge on any atom is 0.417 e. The Labute approximate surface area is 123 Å². The summed E-state index contributed by atoms with van der Waals surface area (Å²) in [4.78, 5) is 11.9. The Morgan fingerprint density at radius 3 is 2.71 bits per heavy atom. The average molecular weight is 281 g/mol. The third-order valence-corrected chi connectivity index (χ3v) is 2.74. The van der Waals surface area contributed by atoms with E-state index in [2.05, 4.69) is 17.2 Å². The van der Waals surface area contributed by atoms with Gasteiger partial charge in [0.15, 0.2) is 0 Å². The van der Waals surface area contributed by atoms with Gasteiger partial charge in [-0.2, -0.15) is 0 Å². The Kier molecular flexibility index (Phi) is 4.97. The van der Waals surface area contributed by atoms with E-state index in [1.165, 1.54) is 0 Å². The van der Waals surface area contributed by atoms with Gasteiger partial charge in [0.25, 0.3) is 0 Å². The summed E-state index contributed by atoms with van der Waals surface area (Å²) in [6.45, 7) is 1.67. The molecule has 0 aromatic heterocycles. The molecule has 21 heavy (non-hydrogen) atoms. The van der Waals surface area contributed by atoms with Crippen LogP contribution >= 0.6 is 0 Å². The first-order valence-corrected chi connectivity index (χ1v) is 6.43. The van der Waals surface area contributed by atoms with Crippen molar-refractivity contribution >= 4 is 11.8 Å². The summed E-state index contributed by atoms with van der Waals surface area (Å²) in [7, 11) is 0. The van der Waals surface area contributed by atoms with E-state index in [1.807, 2.05) is 25.1 Å². The van der Waals surface area contributed by atoms with Crippen molar-refractivity contribution in [2.24, 2.45) is 0 Å². The van der Waals surface area contributed by atoms with Gasteiger partial charge in [-0.25, -0.2) is 4.79 Å². The fourth-order valence-corrected chi connectivity index (χ4v) is 1.71. The molecular weight excluding hydrogens is 266 g/mol. The quantitative estimate of drug-likeness (QED) is 0.832. The number of hydrogen-bond acceptors (Lipinski definition) is 3. The van der Waals surface area contributed by atoms with Crippen LogP contribution in [0.3, 0.4) is 0 Å². The van der Waals surface area contributed by atoms with Gasteiger partial charge in [-0.1, -0.05) is 36.1 Å². The van der Waals surface area contributed by atoms with Crippen LogP contribution in [0.2, 0.25) is 0 Å². The molecule has 2 rings (SSSR count). The molecule has 0 aliphatic carbocycles. The van der Waals surface area contributed by atoms with E-state index in [4.69, 9.17) is 9.84 Å². The molecule has 4 heteroatoms. The molecule has 0 radical (unpaired) electrons. The molecule has 0 aliphatic heterocycles. The molecule has 0 aliphatic rings. The second-order valence-corrected chi connectivity index (χ2v) is 4.32. The maximum atomic E-state index is 11.9. The van der Waals surface area contributed by atoms with Crippen LogP contribution in [0.25, 0.3) is 0 Å². The lowest BCUT2D eigenvalue weighted by Gasteiger charge is -2.09. The number of rotatable bonds is 2. The SMILES string of the molecule is Cc1ccc(C#CCO)cc1NC(=O)Oc1ccccc1. The smallest absolute Gasteiger partial charge is 0.410 e. The zero-order chi connectivity index (χ0) is 15.1. The van der Waals surface area contributed by atoms with E-state index in [0.717, 1.165) is 5.56 Å². The second kappa shape index (κ2) is 7.13. The summed E-state index contributed by atoms with van der Waals surface area (Å²) in [6, 6.07) is 14.2. The van der Waals surface area contributed by atoms with Crippen molar-refractivity contribution < 1.29 is 14.6 Å². The summed E-state index contributed by atoms with van der Waals surface area (Å²) in [6.07, 6.45) is -0.559. The van der Waals surface area contributed by atoms with Crippen LogP contribution in [0.5, 0.6) is 5.75 Å². The van der Waals surface area contributed by atoms with Crippen molar-refractivity contribution in [3.8, 4) is 17.6 Å². The standard InChI is InChI=1S/C17H15NO3/c1-13-9-10-14(6-5-11-19)12-16(13)18-17(20)21-15-7-3-2-4-8-15/h2-4,7-10,12,19H,11H2,1H3,(H,18,20).